The first-order valence-corrected chi connectivity index (χ1v) is 8.74. The molecule has 4 bridgehead atoms. The van der Waals surface area contributed by atoms with E-state index in [1.165, 1.54) is 38.5 Å². The van der Waals surface area contributed by atoms with Gasteiger partial charge in [-0.1, -0.05) is 0 Å². The van der Waals surface area contributed by atoms with Crippen LogP contribution in [0.15, 0.2) is 0 Å². The van der Waals surface area contributed by atoms with Gasteiger partial charge in [-0.3, -0.25) is 4.79 Å². The zero-order valence-electron chi connectivity index (χ0n) is 12.9. The van der Waals surface area contributed by atoms with Crippen LogP contribution in [0.25, 0.3) is 0 Å². The lowest BCUT2D eigenvalue weighted by molar-refractivity contribution is -0.141. The Labute approximate surface area is 127 Å². The van der Waals surface area contributed by atoms with Crippen LogP contribution < -0.4 is 11.1 Å². The molecule has 0 radical (unpaired) electrons. The van der Waals surface area contributed by atoms with Crippen molar-refractivity contribution < 1.29 is 9.53 Å². The standard InChI is InChI=1S/C17H28N2O2/c18-11-16(1-3-21-4-2-16)15(20)19-17-8-12-5-13(9-17)7-14(6-12)10-17/h12-14H,1-11,18H2,(H,19,20). The van der Waals surface area contributed by atoms with Crippen LogP contribution in [0.4, 0.5) is 0 Å². The Hall–Kier alpha value is -0.610. The van der Waals surface area contributed by atoms with Crippen molar-refractivity contribution in [3.63, 3.8) is 0 Å². The fourth-order valence-electron chi connectivity index (χ4n) is 5.92. The minimum Gasteiger partial charge on any atom is -0.381 e. The maximum atomic E-state index is 13.0. The summed E-state index contributed by atoms with van der Waals surface area (Å²) in [5.41, 5.74) is 5.72. The third kappa shape index (κ3) is 2.31. The zero-order chi connectivity index (χ0) is 14.5. The smallest absolute Gasteiger partial charge is 0.228 e. The van der Waals surface area contributed by atoms with Crippen LogP contribution in [0, 0.1) is 23.2 Å². The van der Waals surface area contributed by atoms with E-state index in [4.69, 9.17) is 10.5 Å². The molecule has 0 aromatic carbocycles. The van der Waals surface area contributed by atoms with Crippen molar-refractivity contribution in [3.8, 4) is 0 Å². The minimum absolute atomic E-state index is 0.103. The number of rotatable bonds is 3. The van der Waals surface area contributed by atoms with Crippen LogP contribution in [0.3, 0.4) is 0 Å². The van der Waals surface area contributed by atoms with Gasteiger partial charge in [0.15, 0.2) is 0 Å². The van der Waals surface area contributed by atoms with Crippen molar-refractivity contribution in [2.24, 2.45) is 28.9 Å². The number of nitrogens with one attached hydrogen (secondary N) is 1. The predicted molar refractivity (Wildman–Crippen MR) is 80.6 cm³/mol. The lowest BCUT2D eigenvalue weighted by atomic mass is 9.53. The van der Waals surface area contributed by atoms with E-state index in [9.17, 15) is 4.79 Å². The van der Waals surface area contributed by atoms with Crippen LogP contribution in [-0.2, 0) is 9.53 Å². The van der Waals surface area contributed by atoms with Gasteiger partial charge in [0.05, 0.1) is 5.41 Å². The van der Waals surface area contributed by atoms with Gasteiger partial charge >= 0.3 is 0 Å². The largest absolute Gasteiger partial charge is 0.381 e. The van der Waals surface area contributed by atoms with Gasteiger partial charge in [0.25, 0.3) is 0 Å². The number of carbonyl (C=O) groups excluding carboxylic acids is 1. The maximum absolute atomic E-state index is 13.0. The number of carbonyl (C=O) groups is 1. The van der Waals surface area contributed by atoms with Gasteiger partial charge in [-0.2, -0.15) is 0 Å². The normalized spacial score (nSPS) is 43.8. The average Bonchev–Trinajstić information content (AvgIpc) is 2.46. The molecule has 0 aromatic heterocycles. The molecule has 5 aliphatic rings. The van der Waals surface area contributed by atoms with Gasteiger partial charge in [-0.15, -0.1) is 0 Å². The molecule has 21 heavy (non-hydrogen) atoms. The second kappa shape index (κ2) is 4.95. The van der Waals surface area contributed by atoms with Crippen molar-refractivity contribution in [1.29, 1.82) is 0 Å². The molecule has 1 heterocycles. The molecule has 5 fully saturated rings. The molecular formula is C17H28N2O2. The Bertz CT molecular complexity index is 393. The second-order valence-electron chi connectivity index (χ2n) is 8.25. The van der Waals surface area contributed by atoms with E-state index in [1.54, 1.807) is 0 Å². The first kappa shape index (κ1) is 14.0. The SMILES string of the molecule is NCC1(C(=O)NC23CC4CC(CC(C4)C2)C3)CCOCC1. The van der Waals surface area contributed by atoms with E-state index in [1.807, 2.05) is 0 Å². The Kier molecular flexibility index (Phi) is 3.30. The number of hydrogen-bond donors (Lipinski definition) is 2. The monoisotopic (exact) mass is 292 g/mol. The molecule has 1 aliphatic heterocycles. The molecule has 118 valence electrons. The van der Waals surface area contributed by atoms with Gasteiger partial charge in [-0.05, 0) is 69.1 Å². The summed E-state index contributed by atoms with van der Waals surface area (Å²) < 4.78 is 5.43. The fourth-order valence-corrected chi connectivity index (χ4v) is 5.92. The highest BCUT2D eigenvalue weighted by Crippen LogP contribution is 2.55. The van der Waals surface area contributed by atoms with E-state index in [2.05, 4.69) is 5.32 Å². The highest BCUT2D eigenvalue weighted by molar-refractivity contribution is 5.83. The van der Waals surface area contributed by atoms with Crippen LogP contribution in [0.2, 0.25) is 0 Å². The fraction of sp³-hybridized carbons (Fsp3) is 0.941. The summed E-state index contributed by atoms with van der Waals surface area (Å²) in [4.78, 5) is 13.0. The van der Waals surface area contributed by atoms with E-state index in [0.29, 0.717) is 19.8 Å². The number of nitrogens with two attached hydrogens (primary N) is 1. The molecule has 1 saturated heterocycles. The first-order valence-electron chi connectivity index (χ1n) is 8.74. The van der Waals surface area contributed by atoms with Gasteiger partial charge in [0.1, 0.15) is 0 Å². The van der Waals surface area contributed by atoms with Crippen LogP contribution in [-0.4, -0.2) is 31.2 Å². The third-order valence-corrected chi connectivity index (χ3v) is 6.74. The molecule has 4 nitrogen and oxygen atoms in total. The molecule has 4 heteroatoms. The van der Waals surface area contributed by atoms with Gasteiger partial charge in [-0.25, -0.2) is 0 Å². The Morgan fingerprint density at radius 3 is 2.05 bits per heavy atom. The highest BCUT2D eigenvalue weighted by atomic mass is 16.5. The molecule has 5 rings (SSSR count). The quantitative estimate of drug-likeness (QED) is 0.834. The van der Waals surface area contributed by atoms with Gasteiger partial charge < -0.3 is 15.8 Å². The molecule has 3 N–H and O–H groups in total. The van der Waals surface area contributed by atoms with E-state index in [0.717, 1.165) is 30.6 Å². The molecule has 0 spiro atoms. The van der Waals surface area contributed by atoms with Crippen molar-refractivity contribution in [3.05, 3.63) is 0 Å². The Morgan fingerprint density at radius 2 is 1.57 bits per heavy atom. The number of amides is 1. The number of hydrogen-bond acceptors (Lipinski definition) is 3. The Morgan fingerprint density at radius 1 is 1.05 bits per heavy atom. The van der Waals surface area contributed by atoms with Gasteiger partial charge in [0.2, 0.25) is 5.91 Å². The minimum atomic E-state index is -0.373. The van der Waals surface area contributed by atoms with Crippen molar-refractivity contribution >= 4 is 5.91 Å². The molecule has 0 atom stereocenters. The lowest BCUT2D eigenvalue weighted by Crippen LogP contribution is -2.63. The number of ether oxygens (including phenoxy) is 1. The van der Waals surface area contributed by atoms with Crippen molar-refractivity contribution in [2.75, 3.05) is 19.8 Å². The maximum Gasteiger partial charge on any atom is 0.228 e. The summed E-state index contributed by atoms with van der Waals surface area (Å²) in [6.45, 7) is 1.80. The van der Waals surface area contributed by atoms with E-state index < -0.39 is 0 Å². The van der Waals surface area contributed by atoms with E-state index >= 15 is 0 Å². The lowest BCUT2D eigenvalue weighted by Gasteiger charge is -2.57. The molecule has 0 unspecified atom stereocenters. The Balaban J connectivity index is 1.51. The summed E-state index contributed by atoms with van der Waals surface area (Å²) in [5.74, 6) is 2.80. The van der Waals surface area contributed by atoms with Gasteiger partial charge in [0, 0.05) is 25.3 Å². The molecule has 4 aliphatic carbocycles. The molecular weight excluding hydrogens is 264 g/mol. The second-order valence-corrected chi connectivity index (χ2v) is 8.25. The third-order valence-electron chi connectivity index (χ3n) is 6.74. The summed E-state index contributed by atoms with van der Waals surface area (Å²) in [7, 11) is 0. The van der Waals surface area contributed by atoms with E-state index in [-0.39, 0.29) is 16.9 Å². The van der Waals surface area contributed by atoms with Crippen LogP contribution in [0.5, 0.6) is 0 Å². The van der Waals surface area contributed by atoms with Crippen LogP contribution in [0.1, 0.15) is 51.4 Å². The summed E-state index contributed by atoms with van der Waals surface area (Å²) in [6, 6.07) is 0. The zero-order valence-corrected chi connectivity index (χ0v) is 12.9. The summed E-state index contributed by atoms with van der Waals surface area (Å²) in [5, 5.41) is 3.51. The first-order chi connectivity index (χ1) is 10.1. The molecule has 0 aromatic rings. The highest BCUT2D eigenvalue weighted by Gasteiger charge is 2.53. The van der Waals surface area contributed by atoms with Crippen molar-refractivity contribution in [2.45, 2.75) is 56.9 Å². The van der Waals surface area contributed by atoms with Crippen LogP contribution >= 0.6 is 0 Å². The predicted octanol–water partition coefficient (Wildman–Crippen LogP) is 1.83. The molecule has 4 saturated carbocycles. The average molecular weight is 292 g/mol. The van der Waals surface area contributed by atoms with Crippen molar-refractivity contribution in [1.82, 2.24) is 5.32 Å². The topological polar surface area (TPSA) is 64.4 Å². The molecule has 1 amide bonds. The summed E-state index contributed by atoms with van der Waals surface area (Å²) in [6.07, 6.45) is 9.41. The summed E-state index contributed by atoms with van der Waals surface area (Å²) >= 11 is 0.